The fourth-order valence-electron chi connectivity index (χ4n) is 3.37. The first-order chi connectivity index (χ1) is 10.8. The molecule has 2 heterocycles. The highest BCUT2D eigenvalue weighted by Crippen LogP contribution is 2.17. The molecule has 0 bridgehead atoms. The van der Waals surface area contributed by atoms with Gasteiger partial charge in [0, 0.05) is 32.5 Å². The quantitative estimate of drug-likeness (QED) is 0.703. The molecular weight excluding hydrogens is 278 g/mol. The smallest absolute Gasteiger partial charge is 0.222 e. The molecule has 0 atom stereocenters. The third-order valence-corrected chi connectivity index (χ3v) is 4.84. The van der Waals surface area contributed by atoms with Crippen LogP contribution in [0.15, 0.2) is 0 Å². The molecule has 2 aliphatic heterocycles. The van der Waals surface area contributed by atoms with Gasteiger partial charge in [0.2, 0.25) is 11.8 Å². The highest BCUT2D eigenvalue weighted by molar-refractivity contribution is 5.76. The van der Waals surface area contributed by atoms with Crippen LogP contribution in [0.25, 0.3) is 0 Å². The van der Waals surface area contributed by atoms with Crippen molar-refractivity contribution in [3.05, 3.63) is 0 Å². The van der Waals surface area contributed by atoms with Crippen molar-refractivity contribution < 1.29 is 9.59 Å². The fraction of sp³-hybridized carbons (Fsp3) is 0.882. The Kier molecular flexibility index (Phi) is 7.71. The number of piperidine rings is 1. The first-order valence-electron chi connectivity index (χ1n) is 9.01. The molecule has 2 rings (SSSR count). The molecule has 5 heteroatoms. The summed E-state index contributed by atoms with van der Waals surface area (Å²) in [6, 6.07) is 0. The van der Waals surface area contributed by atoms with Crippen LogP contribution in [0.1, 0.15) is 57.8 Å². The summed E-state index contributed by atoms with van der Waals surface area (Å²) in [6.45, 7) is 4.55. The maximum absolute atomic E-state index is 11.9. The number of carbonyl (C=O) groups is 2. The SMILES string of the molecule is O=C(CCC1CCNCC1)NCCCN1CCCCCC1=O. The molecule has 2 amide bonds. The Hall–Kier alpha value is -1.10. The predicted octanol–water partition coefficient (Wildman–Crippen LogP) is 1.68. The lowest BCUT2D eigenvalue weighted by Gasteiger charge is -2.22. The lowest BCUT2D eigenvalue weighted by molar-refractivity contribution is -0.130. The topological polar surface area (TPSA) is 61.4 Å². The molecule has 126 valence electrons. The summed E-state index contributed by atoms with van der Waals surface area (Å²) in [4.78, 5) is 25.7. The summed E-state index contributed by atoms with van der Waals surface area (Å²) >= 11 is 0. The van der Waals surface area contributed by atoms with E-state index >= 15 is 0 Å². The zero-order valence-electron chi connectivity index (χ0n) is 13.7. The van der Waals surface area contributed by atoms with Crippen molar-refractivity contribution in [2.45, 2.75) is 57.8 Å². The lowest BCUT2D eigenvalue weighted by atomic mass is 9.93. The van der Waals surface area contributed by atoms with Gasteiger partial charge in [0.25, 0.3) is 0 Å². The molecule has 0 spiro atoms. The fourth-order valence-corrected chi connectivity index (χ4v) is 3.37. The second-order valence-electron chi connectivity index (χ2n) is 6.63. The van der Waals surface area contributed by atoms with E-state index in [4.69, 9.17) is 0 Å². The van der Waals surface area contributed by atoms with E-state index in [0.717, 1.165) is 58.3 Å². The van der Waals surface area contributed by atoms with E-state index in [1.807, 2.05) is 4.90 Å². The average molecular weight is 309 g/mol. The number of nitrogens with one attached hydrogen (secondary N) is 2. The Morgan fingerprint density at radius 1 is 1.23 bits per heavy atom. The van der Waals surface area contributed by atoms with Crippen LogP contribution in [0.5, 0.6) is 0 Å². The zero-order chi connectivity index (χ0) is 15.6. The van der Waals surface area contributed by atoms with Gasteiger partial charge >= 0.3 is 0 Å². The van der Waals surface area contributed by atoms with E-state index in [-0.39, 0.29) is 11.8 Å². The number of carbonyl (C=O) groups excluding carboxylic acids is 2. The standard InChI is InChI=1S/C17H31N3O2/c21-16(7-6-15-8-11-18-12-9-15)19-10-4-14-20-13-3-1-2-5-17(20)22/h15,18H,1-14H2,(H,19,21). The van der Waals surface area contributed by atoms with Gasteiger partial charge in [-0.05, 0) is 57.5 Å². The molecule has 0 aromatic carbocycles. The van der Waals surface area contributed by atoms with E-state index in [9.17, 15) is 9.59 Å². The zero-order valence-corrected chi connectivity index (χ0v) is 13.7. The maximum Gasteiger partial charge on any atom is 0.222 e. The van der Waals surface area contributed by atoms with E-state index in [1.54, 1.807) is 0 Å². The molecule has 0 saturated carbocycles. The average Bonchev–Trinajstić information content (AvgIpc) is 2.75. The monoisotopic (exact) mass is 309 g/mol. The van der Waals surface area contributed by atoms with Crippen LogP contribution in [-0.2, 0) is 9.59 Å². The molecule has 5 nitrogen and oxygen atoms in total. The van der Waals surface area contributed by atoms with Crippen molar-refractivity contribution in [3.8, 4) is 0 Å². The maximum atomic E-state index is 11.9. The van der Waals surface area contributed by atoms with Crippen LogP contribution in [0, 0.1) is 5.92 Å². The van der Waals surface area contributed by atoms with E-state index in [0.29, 0.717) is 25.3 Å². The van der Waals surface area contributed by atoms with Crippen molar-refractivity contribution in [1.82, 2.24) is 15.5 Å². The Bertz CT molecular complexity index is 354. The number of likely N-dealkylation sites (tertiary alicyclic amines) is 1. The van der Waals surface area contributed by atoms with Gasteiger partial charge in [0.1, 0.15) is 0 Å². The third kappa shape index (κ3) is 6.34. The first kappa shape index (κ1) is 17.3. The number of hydrogen-bond acceptors (Lipinski definition) is 3. The lowest BCUT2D eigenvalue weighted by Crippen LogP contribution is -2.34. The van der Waals surface area contributed by atoms with E-state index < -0.39 is 0 Å². The minimum atomic E-state index is 0.167. The van der Waals surface area contributed by atoms with Gasteiger partial charge < -0.3 is 15.5 Å². The number of amides is 2. The molecule has 0 radical (unpaired) electrons. The Morgan fingerprint density at radius 3 is 2.86 bits per heavy atom. The number of hydrogen-bond donors (Lipinski definition) is 2. The Morgan fingerprint density at radius 2 is 2.05 bits per heavy atom. The van der Waals surface area contributed by atoms with Gasteiger partial charge in [0.05, 0.1) is 0 Å². The van der Waals surface area contributed by atoms with Crippen LogP contribution < -0.4 is 10.6 Å². The van der Waals surface area contributed by atoms with Crippen molar-refractivity contribution in [3.63, 3.8) is 0 Å². The highest BCUT2D eigenvalue weighted by Gasteiger charge is 2.16. The van der Waals surface area contributed by atoms with Gasteiger partial charge in [-0.3, -0.25) is 9.59 Å². The van der Waals surface area contributed by atoms with Crippen LogP contribution >= 0.6 is 0 Å². The van der Waals surface area contributed by atoms with E-state index in [2.05, 4.69) is 10.6 Å². The molecule has 2 N–H and O–H groups in total. The molecule has 2 fully saturated rings. The Balaban J connectivity index is 1.51. The van der Waals surface area contributed by atoms with Crippen LogP contribution in [0.3, 0.4) is 0 Å². The summed E-state index contributed by atoms with van der Waals surface area (Å²) in [6.07, 6.45) is 8.93. The van der Waals surface area contributed by atoms with Crippen LogP contribution in [0.4, 0.5) is 0 Å². The minimum absolute atomic E-state index is 0.167. The summed E-state index contributed by atoms with van der Waals surface area (Å²) in [5.74, 6) is 1.16. The molecule has 0 unspecified atom stereocenters. The van der Waals surface area contributed by atoms with Gasteiger partial charge in [-0.15, -0.1) is 0 Å². The van der Waals surface area contributed by atoms with Crippen LogP contribution in [0.2, 0.25) is 0 Å². The number of rotatable bonds is 7. The third-order valence-electron chi connectivity index (χ3n) is 4.84. The van der Waals surface area contributed by atoms with Gasteiger partial charge in [0.15, 0.2) is 0 Å². The summed E-state index contributed by atoms with van der Waals surface area (Å²) < 4.78 is 0. The Labute approximate surface area is 134 Å². The van der Waals surface area contributed by atoms with Crippen molar-refractivity contribution in [1.29, 1.82) is 0 Å². The second-order valence-corrected chi connectivity index (χ2v) is 6.63. The molecule has 0 aromatic heterocycles. The van der Waals surface area contributed by atoms with Crippen molar-refractivity contribution in [2.75, 3.05) is 32.7 Å². The molecule has 0 aliphatic carbocycles. The minimum Gasteiger partial charge on any atom is -0.356 e. The predicted molar refractivity (Wildman–Crippen MR) is 87.5 cm³/mol. The van der Waals surface area contributed by atoms with Gasteiger partial charge in [-0.1, -0.05) is 6.42 Å². The molecular formula is C17H31N3O2. The molecule has 22 heavy (non-hydrogen) atoms. The summed E-state index contributed by atoms with van der Waals surface area (Å²) in [7, 11) is 0. The van der Waals surface area contributed by atoms with E-state index in [1.165, 1.54) is 12.8 Å². The molecule has 0 aromatic rings. The highest BCUT2D eigenvalue weighted by atomic mass is 16.2. The normalized spacial score (nSPS) is 20.7. The summed E-state index contributed by atoms with van der Waals surface area (Å²) in [5.41, 5.74) is 0. The largest absolute Gasteiger partial charge is 0.356 e. The van der Waals surface area contributed by atoms with Crippen molar-refractivity contribution in [2.24, 2.45) is 5.92 Å². The number of nitrogens with zero attached hydrogens (tertiary/aromatic N) is 1. The molecule has 2 aliphatic rings. The van der Waals surface area contributed by atoms with Crippen molar-refractivity contribution >= 4 is 11.8 Å². The second kappa shape index (κ2) is 9.82. The summed E-state index contributed by atoms with van der Waals surface area (Å²) in [5, 5.41) is 6.35. The van der Waals surface area contributed by atoms with Crippen LogP contribution in [-0.4, -0.2) is 49.4 Å². The first-order valence-corrected chi connectivity index (χ1v) is 9.01. The molecule has 2 saturated heterocycles. The van der Waals surface area contributed by atoms with Gasteiger partial charge in [-0.25, -0.2) is 0 Å². The van der Waals surface area contributed by atoms with Gasteiger partial charge in [-0.2, -0.15) is 0 Å².